The van der Waals surface area contributed by atoms with E-state index in [1.54, 1.807) is 6.07 Å². The Labute approximate surface area is 95.7 Å². The Kier molecular flexibility index (Phi) is 3.37. The minimum atomic E-state index is -0.198. The van der Waals surface area contributed by atoms with Gasteiger partial charge in [-0.15, -0.1) is 0 Å². The predicted molar refractivity (Wildman–Crippen MR) is 61.8 cm³/mol. The van der Waals surface area contributed by atoms with Crippen molar-refractivity contribution in [1.82, 2.24) is 0 Å². The first kappa shape index (κ1) is 11.3. The molecule has 1 unspecified atom stereocenters. The smallest absolute Gasteiger partial charge is 0.136 e. The zero-order chi connectivity index (χ0) is 11.5. The molecule has 1 aliphatic carbocycles. The summed E-state index contributed by atoms with van der Waals surface area (Å²) in [4.78, 5) is 11.7. The summed E-state index contributed by atoms with van der Waals surface area (Å²) in [6.07, 6.45) is 4.69. The molecule has 1 fully saturated rings. The average molecular weight is 220 g/mol. The second-order valence-electron chi connectivity index (χ2n) is 4.68. The average Bonchev–Trinajstić information content (AvgIpc) is 2.25. The molecule has 0 radical (unpaired) electrons. The minimum Gasteiger partial charge on any atom is -0.299 e. The molecule has 1 aromatic rings. The van der Waals surface area contributed by atoms with Crippen LogP contribution in [0, 0.1) is 18.7 Å². The van der Waals surface area contributed by atoms with E-state index in [0.717, 1.165) is 43.2 Å². The first-order valence-electron chi connectivity index (χ1n) is 5.94. The van der Waals surface area contributed by atoms with Crippen LogP contribution < -0.4 is 0 Å². The summed E-state index contributed by atoms with van der Waals surface area (Å²) in [7, 11) is 0. The fourth-order valence-corrected chi connectivity index (χ4v) is 2.42. The van der Waals surface area contributed by atoms with Gasteiger partial charge in [0, 0.05) is 12.3 Å². The number of carbonyl (C=O) groups excluding carboxylic acids is 1. The number of hydrogen-bond donors (Lipinski definition) is 0. The van der Waals surface area contributed by atoms with Crippen LogP contribution in [0.4, 0.5) is 4.39 Å². The van der Waals surface area contributed by atoms with Crippen LogP contribution in [0.2, 0.25) is 0 Å². The van der Waals surface area contributed by atoms with E-state index in [1.807, 2.05) is 13.0 Å². The van der Waals surface area contributed by atoms with Crippen molar-refractivity contribution in [2.45, 2.75) is 39.0 Å². The van der Waals surface area contributed by atoms with Crippen LogP contribution >= 0.6 is 0 Å². The van der Waals surface area contributed by atoms with Crippen LogP contribution in [-0.2, 0) is 11.2 Å². The van der Waals surface area contributed by atoms with Crippen molar-refractivity contribution in [1.29, 1.82) is 0 Å². The van der Waals surface area contributed by atoms with Crippen molar-refractivity contribution >= 4 is 5.78 Å². The number of carbonyl (C=O) groups is 1. The lowest BCUT2D eigenvalue weighted by molar-refractivity contribution is -0.124. The molecule has 0 bridgehead atoms. The molecule has 1 aromatic carbocycles. The van der Waals surface area contributed by atoms with Gasteiger partial charge in [0.15, 0.2) is 0 Å². The van der Waals surface area contributed by atoms with Crippen LogP contribution in [-0.4, -0.2) is 5.78 Å². The molecule has 0 heterocycles. The highest BCUT2D eigenvalue weighted by Crippen LogP contribution is 2.25. The van der Waals surface area contributed by atoms with Crippen LogP contribution in [0.25, 0.3) is 0 Å². The molecule has 0 aromatic heterocycles. The Bertz CT molecular complexity index is 398. The lowest BCUT2D eigenvalue weighted by Crippen LogP contribution is -2.21. The van der Waals surface area contributed by atoms with Crippen LogP contribution in [0.3, 0.4) is 0 Å². The zero-order valence-electron chi connectivity index (χ0n) is 9.63. The van der Waals surface area contributed by atoms with E-state index in [9.17, 15) is 9.18 Å². The lowest BCUT2D eigenvalue weighted by atomic mass is 9.83. The highest BCUT2D eigenvalue weighted by atomic mass is 19.1. The van der Waals surface area contributed by atoms with Gasteiger partial charge in [0.25, 0.3) is 0 Å². The molecule has 0 amide bonds. The molecule has 1 saturated carbocycles. The topological polar surface area (TPSA) is 17.1 Å². The van der Waals surface area contributed by atoms with Gasteiger partial charge in [0.05, 0.1) is 0 Å². The Morgan fingerprint density at radius 3 is 2.88 bits per heavy atom. The summed E-state index contributed by atoms with van der Waals surface area (Å²) < 4.78 is 12.9. The van der Waals surface area contributed by atoms with Crippen molar-refractivity contribution < 1.29 is 9.18 Å². The third kappa shape index (κ3) is 2.49. The second kappa shape index (κ2) is 4.77. The Morgan fingerprint density at radius 2 is 2.19 bits per heavy atom. The number of rotatable bonds is 2. The van der Waals surface area contributed by atoms with Crippen molar-refractivity contribution in [3.63, 3.8) is 0 Å². The van der Waals surface area contributed by atoms with Gasteiger partial charge >= 0.3 is 0 Å². The van der Waals surface area contributed by atoms with Gasteiger partial charge < -0.3 is 0 Å². The molecule has 86 valence electrons. The highest BCUT2D eigenvalue weighted by Gasteiger charge is 2.22. The van der Waals surface area contributed by atoms with Crippen molar-refractivity contribution in [3.05, 3.63) is 35.1 Å². The van der Waals surface area contributed by atoms with Crippen LogP contribution in [0.5, 0.6) is 0 Å². The van der Waals surface area contributed by atoms with Crippen molar-refractivity contribution in [3.8, 4) is 0 Å². The monoisotopic (exact) mass is 220 g/mol. The molecule has 1 atom stereocenters. The summed E-state index contributed by atoms with van der Waals surface area (Å²) in [6.45, 7) is 1.91. The Hall–Kier alpha value is -1.18. The maximum absolute atomic E-state index is 12.9. The standard InChI is InChI=1S/C14H17FO/c1-10-8-13(15)7-6-11(10)9-12-4-2-3-5-14(12)16/h6-8,12H,2-5,9H2,1H3. The fourth-order valence-electron chi connectivity index (χ4n) is 2.42. The maximum Gasteiger partial charge on any atom is 0.136 e. The largest absolute Gasteiger partial charge is 0.299 e. The van der Waals surface area contributed by atoms with Gasteiger partial charge in [0.2, 0.25) is 0 Å². The number of benzene rings is 1. The van der Waals surface area contributed by atoms with E-state index in [0.29, 0.717) is 5.78 Å². The Morgan fingerprint density at radius 1 is 1.38 bits per heavy atom. The molecule has 16 heavy (non-hydrogen) atoms. The Balaban J connectivity index is 2.10. The second-order valence-corrected chi connectivity index (χ2v) is 4.68. The van der Waals surface area contributed by atoms with Crippen molar-refractivity contribution in [2.24, 2.45) is 5.92 Å². The summed E-state index contributed by atoms with van der Waals surface area (Å²) in [5, 5.41) is 0. The molecule has 2 rings (SSSR count). The van der Waals surface area contributed by atoms with E-state index < -0.39 is 0 Å². The SMILES string of the molecule is Cc1cc(F)ccc1CC1CCCCC1=O. The van der Waals surface area contributed by atoms with Crippen LogP contribution in [0.1, 0.15) is 36.8 Å². The van der Waals surface area contributed by atoms with Crippen molar-refractivity contribution in [2.75, 3.05) is 0 Å². The minimum absolute atomic E-state index is 0.165. The van der Waals surface area contributed by atoms with Gasteiger partial charge in [-0.2, -0.15) is 0 Å². The number of hydrogen-bond acceptors (Lipinski definition) is 1. The van der Waals surface area contributed by atoms with Gasteiger partial charge in [0.1, 0.15) is 11.6 Å². The van der Waals surface area contributed by atoms with E-state index in [2.05, 4.69) is 0 Å². The number of ketones is 1. The normalized spacial score (nSPS) is 21.1. The third-order valence-corrected chi connectivity index (χ3v) is 3.45. The molecular formula is C14H17FO. The molecule has 0 saturated heterocycles. The van der Waals surface area contributed by atoms with Gasteiger partial charge in [-0.1, -0.05) is 12.5 Å². The number of Topliss-reactive ketones (excluding diaryl/α,β-unsaturated/α-hetero) is 1. The highest BCUT2D eigenvalue weighted by molar-refractivity contribution is 5.81. The van der Waals surface area contributed by atoms with E-state index in [-0.39, 0.29) is 11.7 Å². The van der Waals surface area contributed by atoms with Gasteiger partial charge in [-0.05, 0) is 49.4 Å². The molecule has 2 heteroatoms. The molecule has 0 spiro atoms. The van der Waals surface area contributed by atoms with E-state index in [4.69, 9.17) is 0 Å². The first-order valence-corrected chi connectivity index (χ1v) is 5.94. The third-order valence-electron chi connectivity index (χ3n) is 3.45. The van der Waals surface area contributed by atoms with Crippen LogP contribution in [0.15, 0.2) is 18.2 Å². The molecular weight excluding hydrogens is 203 g/mol. The van der Waals surface area contributed by atoms with E-state index in [1.165, 1.54) is 6.07 Å². The first-order chi connectivity index (χ1) is 7.66. The molecule has 0 N–H and O–H groups in total. The maximum atomic E-state index is 12.9. The summed E-state index contributed by atoms with van der Waals surface area (Å²) in [5.74, 6) is 0.351. The number of aryl methyl sites for hydroxylation is 1. The summed E-state index contributed by atoms with van der Waals surface area (Å²) in [6, 6.07) is 4.84. The fraction of sp³-hybridized carbons (Fsp3) is 0.500. The number of halogens is 1. The van der Waals surface area contributed by atoms with Gasteiger partial charge in [-0.3, -0.25) is 4.79 Å². The zero-order valence-corrected chi connectivity index (χ0v) is 9.63. The quantitative estimate of drug-likeness (QED) is 0.746. The summed E-state index contributed by atoms with van der Waals surface area (Å²) >= 11 is 0. The molecule has 0 aliphatic heterocycles. The summed E-state index contributed by atoms with van der Waals surface area (Å²) in [5.41, 5.74) is 2.07. The molecule has 1 nitrogen and oxygen atoms in total. The molecule has 1 aliphatic rings. The predicted octanol–water partition coefficient (Wildman–Crippen LogP) is 3.44. The lowest BCUT2D eigenvalue weighted by Gasteiger charge is -2.21. The van der Waals surface area contributed by atoms with Gasteiger partial charge in [-0.25, -0.2) is 4.39 Å². The van der Waals surface area contributed by atoms with E-state index >= 15 is 0 Å².